The number of esters is 3. The Morgan fingerprint density at radius 3 is 1.05 bits per heavy atom. The average molecular weight is 815 g/mol. The fourth-order valence-electron chi connectivity index (χ4n) is 7.21. The molecule has 6 nitrogen and oxygen atoms in total. The zero-order valence-corrected chi connectivity index (χ0v) is 38.6. The highest BCUT2D eigenvalue weighted by Crippen LogP contribution is 2.16. The van der Waals surface area contributed by atoms with Crippen LogP contribution in [0.25, 0.3) is 0 Å². The van der Waals surface area contributed by atoms with Crippen molar-refractivity contribution in [2.24, 2.45) is 0 Å². The molecule has 58 heavy (non-hydrogen) atoms. The van der Waals surface area contributed by atoms with Gasteiger partial charge in [0.05, 0.1) is 6.42 Å². The molecule has 0 aromatic carbocycles. The van der Waals surface area contributed by atoms with E-state index in [4.69, 9.17) is 14.2 Å². The van der Waals surface area contributed by atoms with E-state index in [1.165, 1.54) is 161 Å². The van der Waals surface area contributed by atoms with Crippen molar-refractivity contribution in [3.05, 3.63) is 36.5 Å². The van der Waals surface area contributed by atoms with Crippen molar-refractivity contribution in [3.8, 4) is 0 Å². The molecule has 0 spiro atoms. The number of carbonyl (C=O) groups excluding carboxylic acids is 3. The number of rotatable bonds is 45. The van der Waals surface area contributed by atoms with Crippen LogP contribution in [0.1, 0.15) is 258 Å². The second kappa shape index (κ2) is 47.3. The summed E-state index contributed by atoms with van der Waals surface area (Å²) in [6.45, 7) is 6.45. The van der Waals surface area contributed by atoms with Gasteiger partial charge in [0.15, 0.2) is 6.10 Å². The first-order chi connectivity index (χ1) is 28.5. The van der Waals surface area contributed by atoms with Crippen LogP contribution < -0.4 is 0 Å². The third kappa shape index (κ3) is 44.7. The fraction of sp³-hybridized carbons (Fsp3) is 0.827. The van der Waals surface area contributed by atoms with E-state index in [9.17, 15) is 14.4 Å². The quantitative estimate of drug-likeness (QED) is 0.0264. The van der Waals surface area contributed by atoms with Crippen LogP contribution in [0.3, 0.4) is 0 Å². The Bertz CT molecular complexity index is 984. The predicted octanol–water partition coefficient (Wildman–Crippen LogP) is 16.1. The summed E-state index contributed by atoms with van der Waals surface area (Å²) in [5.41, 5.74) is 0. The standard InChI is InChI=1S/C52H94O6/c1-4-7-10-13-16-19-21-23-25-26-27-29-30-33-36-39-42-45-51(54)57-48-49(47-56-50(53)44-41-38-35-32-18-15-12-9-6-3)58-52(55)46-43-40-37-34-31-28-24-22-20-17-14-11-8-5-2/h9,12,18,32,38,41,49H,4-8,10-11,13-17,19-31,33-37,39-40,42-48H2,1-3H3/b12-9-,32-18-,41-38-. The number of unbranched alkanes of at least 4 members (excludes halogenated alkanes) is 29. The summed E-state index contributed by atoms with van der Waals surface area (Å²) in [7, 11) is 0. The second-order valence-electron chi connectivity index (χ2n) is 16.7. The lowest BCUT2D eigenvalue weighted by Gasteiger charge is -2.18. The molecule has 0 radical (unpaired) electrons. The van der Waals surface area contributed by atoms with Crippen LogP contribution in [0.15, 0.2) is 36.5 Å². The largest absolute Gasteiger partial charge is 0.462 e. The van der Waals surface area contributed by atoms with Gasteiger partial charge in [-0.05, 0) is 32.1 Å². The Labute approximate surface area is 359 Å². The van der Waals surface area contributed by atoms with Crippen LogP contribution >= 0.6 is 0 Å². The molecule has 0 N–H and O–H groups in total. The Morgan fingerprint density at radius 2 is 0.672 bits per heavy atom. The molecule has 338 valence electrons. The van der Waals surface area contributed by atoms with Gasteiger partial charge in [-0.1, -0.05) is 243 Å². The van der Waals surface area contributed by atoms with E-state index in [0.29, 0.717) is 12.8 Å². The maximum Gasteiger partial charge on any atom is 0.309 e. The first-order valence-electron chi connectivity index (χ1n) is 25.0. The average Bonchev–Trinajstić information content (AvgIpc) is 3.22. The molecule has 0 aromatic rings. The van der Waals surface area contributed by atoms with Crippen LogP contribution in [-0.4, -0.2) is 37.2 Å². The van der Waals surface area contributed by atoms with Gasteiger partial charge >= 0.3 is 17.9 Å². The van der Waals surface area contributed by atoms with E-state index in [1.807, 2.05) is 6.08 Å². The highest BCUT2D eigenvalue weighted by molar-refractivity contribution is 5.72. The summed E-state index contributed by atoms with van der Waals surface area (Å²) in [5, 5.41) is 0. The maximum absolute atomic E-state index is 12.7. The highest BCUT2D eigenvalue weighted by atomic mass is 16.6. The van der Waals surface area contributed by atoms with Crippen LogP contribution in [0.2, 0.25) is 0 Å². The minimum atomic E-state index is -0.800. The van der Waals surface area contributed by atoms with Crippen LogP contribution in [0.5, 0.6) is 0 Å². The third-order valence-corrected chi connectivity index (χ3v) is 10.9. The first kappa shape index (κ1) is 55.6. The minimum absolute atomic E-state index is 0.0946. The van der Waals surface area contributed by atoms with E-state index < -0.39 is 12.1 Å². The van der Waals surface area contributed by atoms with E-state index in [1.54, 1.807) is 6.08 Å². The van der Waals surface area contributed by atoms with Gasteiger partial charge in [-0.25, -0.2) is 0 Å². The normalized spacial score (nSPS) is 12.3. The molecule has 0 aliphatic carbocycles. The Balaban J connectivity index is 4.32. The molecule has 6 heteroatoms. The van der Waals surface area contributed by atoms with Crippen LogP contribution in [0, 0.1) is 0 Å². The number of carbonyl (C=O) groups is 3. The van der Waals surface area contributed by atoms with Gasteiger partial charge in [0.1, 0.15) is 13.2 Å². The van der Waals surface area contributed by atoms with Gasteiger partial charge in [-0.3, -0.25) is 14.4 Å². The Hall–Kier alpha value is -2.37. The second-order valence-corrected chi connectivity index (χ2v) is 16.7. The van der Waals surface area contributed by atoms with Crippen molar-refractivity contribution in [1.82, 2.24) is 0 Å². The smallest absolute Gasteiger partial charge is 0.309 e. The molecule has 0 saturated carbocycles. The summed E-state index contributed by atoms with van der Waals surface area (Å²) >= 11 is 0. The molecule has 0 saturated heterocycles. The summed E-state index contributed by atoms with van der Waals surface area (Å²) in [4.78, 5) is 37.7. The molecule has 0 aliphatic heterocycles. The van der Waals surface area contributed by atoms with E-state index in [-0.39, 0.29) is 31.6 Å². The number of allylic oxidation sites excluding steroid dienone is 5. The molecule has 0 aromatic heterocycles. The van der Waals surface area contributed by atoms with Gasteiger partial charge < -0.3 is 14.2 Å². The van der Waals surface area contributed by atoms with Crippen molar-refractivity contribution in [3.63, 3.8) is 0 Å². The van der Waals surface area contributed by atoms with Crippen molar-refractivity contribution in [2.45, 2.75) is 264 Å². The van der Waals surface area contributed by atoms with E-state index >= 15 is 0 Å². The molecule has 0 bridgehead atoms. The first-order valence-corrected chi connectivity index (χ1v) is 25.0. The summed E-state index contributed by atoms with van der Waals surface area (Å²) in [6.07, 6.45) is 54.5. The van der Waals surface area contributed by atoms with Gasteiger partial charge in [-0.15, -0.1) is 0 Å². The predicted molar refractivity (Wildman–Crippen MR) is 247 cm³/mol. The van der Waals surface area contributed by atoms with Crippen molar-refractivity contribution in [2.75, 3.05) is 13.2 Å². The summed E-state index contributed by atoms with van der Waals surface area (Å²) < 4.78 is 16.6. The van der Waals surface area contributed by atoms with E-state index in [0.717, 1.165) is 57.8 Å². The topological polar surface area (TPSA) is 78.9 Å². The lowest BCUT2D eigenvalue weighted by molar-refractivity contribution is -0.166. The molecular weight excluding hydrogens is 721 g/mol. The van der Waals surface area contributed by atoms with Crippen molar-refractivity contribution in [1.29, 1.82) is 0 Å². The number of hydrogen-bond acceptors (Lipinski definition) is 6. The highest BCUT2D eigenvalue weighted by Gasteiger charge is 2.19. The molecule has 1 atom stereocenters. The molecule has 0 aliphatic rings. The van der Waals surface area contributed by atoms with Gasteiger partial charge in [0.2, 0.25) is 0 Å². The van der Waals surface area contributed by atoms with E-state index in [2.05, 4.69) is 45.1 Å². The van der Waals surface area contributed by atoms with Gasteiger partial charge in [-0.2, -0.15) is 0 Å². The molecule has 0 amide bonds. The molecule has 1 unspecified atom stereocenters. The SMILES string of the molecule is CC/C=C\C/C=C\C/C=C\CC(=O)OCC(COC(=O)CCCCCCCCCCCCCCCCCCC)OC(=O)CCCCCCCCCCCCCCCC. The zero-order chi connectivity index (χ0) is 42.3. The fourth-order valence-corrected chi connectivity index (χ4v) is 7.21. The summed E-state index contributed by atoms with van der Waals surface area (Å²) in [6, 6.07) is 0. The van der Waals surface area contributed by atoms with Crippen LogP contribution in [0.4, 0.5) is 0 Å². The van der Waals surface area contributed by atoms with Crippen molar-refractivity contribution < 1.29 is 28.6 Å². The Morgan fingerprint density at radius 1 is 0.362 bits per heavy atom. The number of ether oxygens (including phenoxy) is 3. The van der Waals surface area contributed by atoms with Gasteiger partial charge in [0.25, 0.3) is 0 Å². The van der Waals surface area contributed by atoms with Crippen molar-refractivity contribution >= 4 is 17.9 Å². The Kier molecular flexibility index (Phi) is 45.4. The van der Waals surface area contributed by atoms with Gasteiger partial charge in [0, 0.05) is 12.8 Å². The monoisotopic (exact) mass is 815 g/mol. The third-order valence-electron chi connectivity index (χ3n) is 10.9. The molecular formula is C52H94O6. The zero-order valence-electron chi connectivity index (χ0n) is 38.6. The maximum atomic E-state index is 12.7. The van der Waals surface area contributed by atoms with Crippen LogP contribution in [-0.2, 0) is 28.6 Å². The molecule has 0 fully saturated rings. The summed E-state index contributed by atoms with van der Waals surface area (Å²) in [5.74, 6) is -1.01. The lowest BCUT2D eigenvalue weighted by atomic mass is 10.0. The lowest BCUT2D eigenvalue weighted by Crippen LogP contribution is -2.30. The molecule has 0 rings (SSSR count). The number of hydrogen-bond donors (Lipinski definition) is 0. The molecule has 0 heterocycles. The minimum Gasteiger partial charge on any atom is -0.462 e.